The Morgan fingerprint density at radius 2 is 1.69 bits per heavy atom. The van der Waals surface area contributed by atoms with Crippen molar-refractivity contribution in [3.8, 4) is 0 Å². The van der Waals surface area contributed by atoms with E-state index in [-0.39, 0.29) is 44.6 Å². The Bertz CT molecular complexity index is 290. The molecule has 4 heteroatoms. The third-order valence-electron chi connectivity index (χ3n) is 4.53. The average molecular weight is 388 g/mol. The maximum Gasteiger partial charge on any atom is 2.00 e. The normalized spacial score (nSPS) is 41.8. The molecule has 1 saturated heterocycles. The molecular formula is C12H16N2OW. The van der Waals surface area contributed by atoms with Crippen molar-refractivity contribution in [3.63, 3.8) is 0 Å². The van der Waals surface area contributed by atoms with Crippen molar-refractivity contribution in [2.24, 2.45) is 23.7 Å². The molecule has 4 atom stereocenters. The maximum absolute atomic E-state index is 11.7. The molecule has 0 N–H and O–H groups in total. The third kappa shape index (κ3) is 1.77. The van der Waals surface area contributed by atoms with E-state index in [2.05, 4.69) is 5.32 Å². The Labute approximate surface area is 111 Å². The molecule has 86 valence electrons. The Morgan fingerprint density at radius 1 is 1.06 bits per heavy atom. The van der Waals surface area contributed by atoms with Gasteiger partial charge in [0.25, 0.3) is 0 Å². The van der Waals surface area contributed by atoms with Gasteiger partial charge in [0.05, 0.1) is 5.91 Å². The quantitative estimate of drug-likeness (QED) is 0.630. The molecule has 1 aliphatic heterocycles. The van der Waals surface area contributed by atoms with Gasteiger partial charge in [0.15, 0.2) is 0 Å². The minimum atomic E-state index is -0.0552. The van der Waals surface area contributed by atoms with Crippen LogP contribution >= 0.6 is 0 Å². The van der Waals surface area contributed by atoms with Crippen molar-refractivity contribution >= 4 is 11.7 Å². The summed E-state index contributed by atoms with van der Waals surface area (Å²) in [6.07, 6.45) is 6.87. The van der Waals surface area contributed by atoms with Crippen LogP contribution in [-0.4, -0.2) is 11.7 Å². The first kappa shape index (κ1) is 12.3. The van der Waals surface area contributed by atoms with Gasteiger partial charge in [-0.1, -0.05) is 31.6 Å². The summed E-state index contributed by atoms with van der Waals surface area (Å²) >= 11 is 0. The molecule has 0 bridgehead atoms. The summed E-state index contributed by atoms with van der Waals surface area (Å²) in [5, 5.41) is 13.6. The second kappa shape index (κ2) is 4.60. The van der Waals surface area contributed by atoms with E-state index in [9.17, 15) is 10.2 Å². The fourth-order valence-corrected chi connectivity index (χ4v) is 3.92. The topological polar surface area (TPSA) is 53.5 Å². The summed E-state index contributed by atoms with van der Waals surface area (Å²) in [6.45, 7) is 0. The van der Waals surface area contributed by atoms with Gasteiger partial charge in [-0.25, -0.2) is 0 Å². The van der Waals surface area contributed by atoms with Crippen LogP contribution in [0.1, 0.15) is 38.5 Å². The Morgan fingerprint density at radius 3 is 2.38 bits per heavy atom. The van der Waals surface area contributed by atoms with Gasteiger partial charge >= 0.3 is 21.1 Å². The molecule has 4 unspecified atom stereocenters. The van der Waals surface area contributed by atoms with Crippen molar-refractivity contribution in [3.05, 3.63) is 10.7 Å². The number of piperidine rings is 1. The van der Waals surface area contributed by atoms with Crippen molar-refractivity contribution in [1.82, 2.24) is 0 Å². The minimum absolute atomic E-state index is 0. The number of rotatable bonds is 0. The van der Waals surface area contributed by atoms with Gasteiger partial charge < -0.3 is 15.5 Å². The molecule has 1 heterocycles. The van der Waals surface area contributed by atoms with Crippen molar-refractivity contribution in [2.45, 2.75) is 38.5 Å². The molecule has 3 aliphatic rings. The van der Waals surface area contributed by atoms with Crippen LogP contribution in [0.3, 0.4) is 0 Å². The summed E-state index contributed by atoms with van der Waals surface area (Å²) < 4.78 is 0. The van der Waals surface area contributed by atoms with E-state index < -0.39 is 0 Å². The number of amidine groups is 1. The molecule has 1 amide bonds. The van der Waals surface area contributed by atoms with E-state index in [0.29, 0.717) is 11.8 Å². The van der Waals surface area contributed by atoms with Crippen LogP contribution in [0.15, 0.2) is 0 Å². The second-order valence-corrected chi connectivity index (χ2v) is 5.22. The summed E-state index contributed by atoms with van der Waals surface area (Å²) in [6, 6.07) is 0. The minimum Gasteiger partial charge on any atom is -0.828 e. The molecule has 3 nitrogen and oxygen atoms in total. The van der Waals surface area contributed by atoms with Gasteiger partial charge in [-0.05, 0) is 24.7 Å². The second-order valence-electron chi connectivity index (χ2n) is 5.22. The summed E-state index contributed by atoms with van der Waals surface area (Å²) in [5.74, 6) is 1.49. The van der Waals surface area contributed by atoms with E-state index >= 15 is 0 Å². The fraction of sp³-hybridized carbons (Fsp3) is 0.833. The monoisotopic (exact) mass is 388 g/mol. The van der Waals surface area contributed by atoms with Crippen LogP contribution in [0.25, 0.3) is 10.7 Å². The predicted octanol–water partition coefficient (Wildman–Crippen LogP) is 2.70. The molecule has 0 radical (unpaired) electrons. The van der Waals surface area contributed by atoms with E-state index in [0.717, 1.165) is 12.8 Å². The molecule has 0 aromatic rings. The number of amides is 1. The smallest absolute Gasteiger partial charge is 0.828 e. The van der Waals surface area contributed by atoms with E-state index in [4.69, 9.17) is 0 Å². The standard InChI is InChI=1S/C12H17N2O.W/c13-11-8-5-1-3-7-4-2-6-9(10(7)8)12(15)14-11;/h7-10H,1-6H2,(H-,13,14,15);/q-1;+2/p-1. The predicted molar refractivity (Wildman–Crippen MR) is 58.4 cm³/mol. The van der Waals surface area contributed by atoms with Crippen molar-refractivity contribution < 1.29 is 25.9 Å². The number of hydrogen-bond donors (Lipinski definition) is 0. The molecule has 2 saturated carbocycles. The Balaban J connectivity index is 0.000000963. The molecule has 0 aromatic heterocycles. The average Bonchev–Trinajstić information content (AvgIpc) is 2.25. The fourth-order valence-electron chi connectivity index (χ4n) is 3.92. The van der Waals surface area contributed by atoms with Crippen LogP contribution in [0.4, 0.5) is 0 Å². The van der Waals surface area contributed by atoms with Gasteiger partial charge in [0.1, 0.15) is 0 Å². The van der Waals surface area contributed by atoms with Crippen molar-refractivity contribution in [1.29, 1.82) is 0 Å². The van der Waals surface area contributed by atoms with E-state index in [1.807, 2.05) is 0 Å². The molecule has 0 aromatic carbocycles. The number of nitrogens with zero attached hydrogens (tertiary/aromatic N) is 2. The zero-order chi connectivity index (χ0) is 10.4. The summed E-state index contributed by atoms with van der Waals surface area (Å²) in [4.78, 5) is 11.7. The third-order valence-corrected chi connectivity index (χ3v) is 4.53. The molecule has 3 rings (SSSR count). The van der Waals surface area contributed by atoms with Crippen molar-refractivity contribution in [2.75, 3.05) is 0 Å². The van der Waals surface area contributed by atoms with Crippen LogP contribution in [0, 0.1) is 23.7 Å². The van der Waals surface area contributed by atoms with E-state index in [1.54, 1.807) is 0 Å². The van der Waals surface area contributed by atoms with Gasteiger partial charge in [0, 0.05) is 5.92 Å². The SMILES string of the molecule is [N-]=C1[N-]C(=O)C2CCCC3CCCC1C32.[W+2]. The number of carbonyl (C=O) groups is 1. The zero-order valence-corrected chi connectivity index (χ0v) is 12.2. The molecule has 3 fully saturated rings. The first-order valence-electron chi connectivity index (χ1n) is 6.09. The summed E-state index contributed by atoms with van der Waals surface area (Å²) in [5.41, 5.74) is 0. The number of carbonyl (C=O) groups excluding carboxylic acids is 1. The van der Waals surface area contributed by atoms with Crippen LogP contribution in [0.2, 0.25) is 0 Å². The molecule has 16 heavy (non-hydrogen) atoms. The molecular weight excluding hydrogens is 372 g/mol. The van der Waals surface area contributed by atoms with Gasteiger partial charge in [-0.15, -0.1) is 0 Å². The molecule has 0 spiro atoms. The number of hydrogen-bond acceptors (Lipinski definition) is 1. The van der Waals surface area contributed by atoms with E-state index in [1.165, 1.54) is 25.7 Å². The molecule has 2 aliphatic carbocycles. The van der Waals surface area contributed by atoms with Crippen LogP contribution in [-0.2, 0) is 25.9 Å². The largest absolute Gasteiger partial charge is 2.00 e. The van der Waals surface area contributed by atoms with Gasteiger partial charge in [-0.3, -0.25) is 5.84 Å². The van der Waals surface area contributed by atoms with Crippen LogP contribution < -0.4 is 0 Å². The maximum atomic E-state index is 11.7. The van der Waals surface area contributed by atoms with Gasteiger partial charge in [0.2, 0.25) is 0 Å². The van der Waals surface area contributed by atoms with Gasteiger partial charge in [-0.2, -0.15) is 0 Å². The first-order valence-corrected chi connectivity index (χ1v) is 6.09. The first-order chi connectivity index (χ1) is 7.27. The Kier molecular flexibility index (Phi) is 3.53. The summed E-state index contributed by atoms with van der Waals surface area (Å²) in [7, 11) is 0. The Hall–Kier alpha value is -0.172. The van der Waals surface area contributed by atoms with Crippen LogP contribution in [0.5, 0.6) is 0 Å². The zero-order valence-electron chi connectivity index (χ0n) is 9.26.